The van der Waals surface area contributed by atoms with Gasteiger partial charge in [0.15, 0.2) is 0 Å². The van der Waals surface area contributed by atoms with Crippen molar-refractivity contribution in [1.82, 2.24) is 0 Å². The molecule has 1 aliphatic heterocycles. The normalized spacial score (nSPS) is 14.0. The van der Waals surface area contributed by atoms with E-state index < -0.39 is 0 Å². The topological polar surface area (TPSA) is 49.4 Å². The van der Waals surface area contributed by atoms with Gasteiger partial charge in [0, 0.05) is 13.0 Å². The summed E-state index contributed by atoms with van der Waals surface area (Å²) in [5.41, 5.74) is 2.44. The predicted molar refractivity (Wildman–Crippen MR) is 104 cm³/mol. The molecule has 1 fully saturated rings. The maximum Gasteiger partial charge on any atom is 0.228 e. The van der Waals surface area contributed by atoms with Crippen LogP contribution in [0.3, 0.4) is 0 Å². The molecule has 0 spiro atoms. The Morgan fingerprint density at radius 3 is 2.54 bits per heavy atom. The predicted octanol–water partition coefficient (Wildman–Crippen LogP) is 4.15. The first-order chi connectivity index (χ1) is 12.7. The van der Waals surface area contributed by atoms with Crippen LogP contribution < -0.4 is 10.2 Å². The lowest BCUT2D eigenvalue weighted by molar-refractivity contribution is -0.117. The van der Waals surface area contributed by atoms with Crippen LogP contribution >= 0.6 is 0 Å². The van der Waals surface area contributed by atoms with Crippen LogP contribution in [0.2, 0.25) is 0 Å². The zero-order valence-electron chi connectivity index (χ0n) is 14.4. The largest absolute Gasteiger partial charge is 0.324 e. The number of rotatable bonds is 4. The van der Waals surface area contributed by atoms with Crippen molar-refractivity contribution in [2.45, 2.75) is 19.3 Å². The first-order valence-corrected chi connectivity index (χ1v) is 8.88. The Morgan fingerprint density at radius 1 is 0.962 bits per heavy atom. The minimum Gasteiger partial charge on any atom is -0.324 e. The van der Waals surface area contributed by atoms with E-state index in [2.05, 4.69) is 11.4 Å². The lowest BCUT2D eigenvalue weighted by Crippen LogP contribution is -2.25. The van der Waals surface area contributed by atoms with Gasteiger partial charge in [0.2, 0.25) is 11.8 Å². The monoisotopic (exact) mass is 344 g/mol. The molecule has 3 aromatic rings. The average molecular weight is 344 g/mol. The highest BCUT2D eigenvalue weighted by Gasteiger charge is 2.24. The second-order valence-corrected chi connectivity index (χ2v) is 6.57. The van der Waals surface area contributed by atoms with Gasteiger partial charge in [-0.2, -0.15) is 0 Å². The number of hydrogen-bond donors (Lipinski definition) is 1. The number of nitrogens with zero attached hydrogens (tertiary/aromatic N) is 1. The van der Waals surface area contributed by atoms with Crippen molar-refractivity contribution < 1.29 is 9.59 Å². The molecule has 0 aromatic heterocycles. The van der Waals surface area contributed by atoms with Crippen molar-refractivity contribution in [3.8, 4) is 0 Å². The summed E-state index contributed by atoms with van der Waals surface area (Å²) in [5.74, 6) is 0.0283. The van der Waals surface area contributed by atoms with Crippen LogP contribution in [0, 0.1) is 0 Å². The molecular formula is C22H20N2O2. The molecule has 2 amide bonds. The van der Waals surface area contributed by atoms with Crippen molar-refractivity contribution in [2.24, 2.45) is 0 Å². The molecule has 1 heterocycles. The quantitative estimate of drug-likeness (QED) is 0.773. The van der Waals surface area contributed by atoms with Crippen LogP contribution in [0.5, 0.6) is 0 Å². The number of benzene rings is 3. The van der Waals surface area contributed by atoms with E-state index in [4.69, 9.17) is 0 Å². The fraction of sp³-hybridized carbons (Fsp3) is 0.182. The second-order valence-electron chi connectivity index (χ2n) is 6.57. The summed E-state index contributed by atoms with van der Waals surface area (Å²) in [5, 5.41) is 5.26. The summed E-state index contributed by atoms with van der Waals surface area (Å²) >= 11 is 0. The fourth-order valence-electron chi connectivity index (χ4n) is 3.45. The van der Waals surface area contributed by atoms with Crippen molar-refractivity contribution in [1.29, 1.82) is 0 Å². The first-order valence-electron chi connectivity index (χ1n) is 8.88. The van der Waals surface area contributed by atoms with Gasteiger partial charge in [0.25, 0.3) is 0 Å². The third-order valence-corrected chi connectivity index (χ3v) is 4.72. The minimum atomic E-state index is -0.0839. The number of carbonyl (C=O) groups is 2. The number of nitrogens with one attached hydrogen (secondary N) is 1. The molecule has 0 bridgehead atoms. The van der Waals surface area contributed by atoms with E-state index in [9.17, 15) is 9.59 Å². The average Bonchev–Trinajstić information content (AvgIpc) is 3.08. The van der Waals surface area contributed by atoms with Gasteiger partial charge in [0.05, 0.1) is 17.8 Å². The molecule has 1 saturated heterocycles. The molecule has 0 radical (unpaired) electrons. The third kappa shape index (κ3) is 3.31. The van der Waals surface area contributed by atoms with E-state index in [-0.39, 0.29) is 11.8 Å². The molecule has 0 unspecified atom stereocenters. The van der Waals surface area contributed by atoms with Crippen molar-refractivity contribution in [2.75, 3.05) is 16.8 Å². The summed E-state index contributed by atoms with van der Waals surface area (Å²) in [7, 11) is 0. The smallest absolute Gasteiger partial charge is 0.228 e. The summed E-state index contributed by atoms with van der Waals surface area (Å²) < 4.78 is 0. The minimum absolute atomic E-state index is 0.0839. The zero-order chi connectivity index (χ0) is 17.9. The van der Waals surface area contributed by atoms with Gasteiger partial charge in [-0.15, -0.1) is 0 Å². The van der Waals surface area contributed by atoms with E-state index >= 15 is 0 Å². The van der Waals surface area contributed by atoms with Gasteiger partial charge >= 0.3 is 0 Å². The Labute approximate surface area is 152 Å². The van der Waals surface area contributed by atoms with Crippen LogP contribution in [0.25, 0.3) is 10.8 Å². The van der Waals surface area contributed by atoms with Crippen LogP contribution in [0.1, 0.15) is 18.4 Å². The van der Waals surface area contributed by atoms with Crippen LogP contribution in [-0.4, -0.2) is 18.4 Å². The van der Waals surface area contributed by atoms with Crippen LogP contribution in [-0.2, 0) is 16.0 Å². The first kappa shape index (κ1) is 16.3. The summed E-state index contributed by atoms with van der Waals surface area (Å²) in [4.78, 5) is 26.3. The van der Waals surface area contributed by atoms with E-state index in [1.165, 1.54) is 0 Å². The summed E-state index contributed by atoms with van der Waals surface area (Å²) in [6.45, 7) is 0.705. The van der Waals surface area contributed by atoms with Gasteiger partial charge in [-0.25, -0.2) is 0 Å². The molecule has 0 atom stereocenters. The lowest BCUT2D eigenvalue weighted by atomic mass is 10.0. The van der Waals surface area contributed by atoms with E-state index in [1.807, 2.05) is 60.7 Å². The van der Waals surface area contributed by atoms with Gasteiger partial charge in [-0.05, 0) is 34.9 Å². The molecule has 4 heteroatoms. The standard InChI is InChI=1S/C22H20N2O2/c25-21(15-16-11-12-17-6-1-2-7-18(17)14-16)23-19-8-3-4-9-20(19)24-13-5-10-22(24)26/h1-4,6-9,11-12,14H,5,10,13,15H2,(H,23,25). The van der Waals surface area contributed by atoms with Crippen LogP contribution in [0.15, 0.2) is 66.7 Å². The third-order valence-electron chi connectivity index (χ3n) is 4.72. The fourth-order valence-corrected chi connectivity index (χ4v) is 3.45. The molecular weight excluding hydrogens is 324 g/mol. The molecule has 1 N–H and O–H groups in total. The molecule has 26 heavy (non-hydrogen) atoms. The van der Waals surface area contributed by atoms with Gasteiger partial charge in [-0.1, -0.05) is 54.6 Å². The molecule has 0 aliphatic carbocycles. The highest BCUT2D eigenvalue weighted by molar-refractivity contribution is 6.02. The van der Waals surface area contributed by atoms with Gasteiger partial charge < -0.3 is 10.2 Å². The number of amides is 2. The summed E-state index contributed by atoms with van der Waals surface area (Å²) in [6, 6.07) is 21.7. The SMILES string of the molecule is O=C(Cc1ccc2ccccc2c1)Nc1ccccc1N1CCCC1=O. The number of carbonyl (C=O) groups excluding carboxylic acids is 2. The maximum absolute atomic E-state index is 12.6. The van der Waals surface area contributed by atoms with Crippen molar-refractivity contribution in [3.05, 3.63) is 72.3 Å². The van der Waals surface area contributed by atoms with Crippen molar-refractivity contribution in [3.63, 3.8) is 0 Å². The van der Waals surface area contributed by atoms with E-state index in [1.54, 1.807) is 4.90 Å². The van der Waals surface area contributed by atoms with Gasteiger partial charge in [-0.3, -0.25) is 9.59 Å². The number of hydrogen-bond acceptors (Lipinski definition) is 2. The number of para-hydroxylation sites is 2. The Morgan fingerprint density at radius 2 is 1.73 bits per heavy atom. The van der Waals surface area contributed by atoms with E-state index in [0.29, 0.717) is 25.1 Å². The molecule has 3 aromatic carbocycles. The Balaban J connectivity index is 1.52. The second kappa shape index (κ2) is 7.00. The zero-order valence-corrected chi connectivity index (χ0v) is 14.4. The molecule has 130 valence electrons. The highest BCUT2D eigenvalue weighted by Crippen LogP contribution is 2.29. The molecule has 4 rings (SSSR count). The number of anilines is 2. The highest BCUT2D eigenvalue weighted by atomic mass is 16.2. The Hall–Kier alpha value is -3.14. The molecule has 0 saturated carbocycles. The van der Waals surface area contributed by atoms with Crippen molar-refractivity contribution >= 4 is 34.0 Å². The maximum atomic E-state index is 12.6. The Kier molecular flexibility index (Phi) is 4.40. The Bertz CT molecular complexity index is 981. The van der Waals surface area contributed by atoms with E-state index in [0.717, 1.165) is 28.4 Å². The molecule has 1 aliphatic rings. The summed E-state index contributed by atoms with van der Waals surface area (Å²) in [6.07, 6.45) is 1.73. The molecule has 4 nitrogen and oxygen atoms in total. The number of fused-ring (bicyclic) bond motifs is 1. The van der Waals surface area contributed by atoms with Crippen LogP contribution in [0.4, 0.5) is 11.4 Å². The lowest BCUT2D eigenvalue weighted by Gasteiger charge is -2.20. The van der Waals surface area contributed by atoms with Gasteiger partial charge in [0.1, 0.15) is 0 Å².